The van der Waals surface area contributed by atoms with E-state index in [0.717, 1.165) is 5.39 Å². The zero-order valence-electron chi connectivity index (χ0n) is 7.37. The zero-order valence-corrected chi connectivity index (χ0v) is 8.12. The van der Waals surface area contributed by atoms with Crippen LogP contribution in [0.4, 0.5) is 0 Å². The van der Waals surface area contributed by atoms with Gasteiger partial charge in [0.1, 0.15) is 6.61 Å². The lowest BCUT2D eigenvalue weighted by molar-refractivity contribution is 0.317. The van der Waals surface area contributed by atoms with Crippen LogP contribution in [0.2, 0.25) is 5.02 Å². The smallest absolute Gasteiger partial charge is 0.262 e. The molecule has 0 atom stereocenters. The number of hydrogen-bond donors (Lipinski definition) is 0. The van der Waals surface area contributed by atoms with Gasteiger partial charge in [-0.25, -0.2) is 0 Å². The fourth-order valence-corrected chi connectivity index (χ4v) is 1.30. The molecule has 0 unspecified atom stereocenters. The average molecular weight is 210 g/mol. The molecule has 0 saturated heterocycles. The van der Waals surface area contributed by atoms with Gasteiger partial charge in [-0.2, -0.15) is 0 Å². The minimum absolute atomic E-state index is 0.397. The van der Waals surface area contributed by atoms with E-state index in [1.807, 2.05) is 0 Å². The average Bonchev–Trinajstić information content (AvgIpc) is 2.57. The normalized spacial score (nSPS) is 10.4. The number of rotatable bonds is 3. The number of ether oxygens (including phenoxy) is 1. The molecule has 1 aromatic heterocycles. The quantitative estimate of drug-likeness (QED) is 0.729. The summed E-state index contributed by atoms with van der Waals surface area (Å²) in [4.78, 5) is 0. The second-order valence-electron chi connectivity index (χ2n) is 2.73. The highest BCUT2D eigenvalue weighted by Gasteiger charge is 2.08. The first-order valence-corrected chi connectivity index (χ1v) is 4.47. The second kappa shape index (κ2) is 3.72. The molecule has 0 saturated carbocycles. The fourth-order valence-electron chi connectivity index (χ4n) is 1.13. The van der Waals surface area contributed by atoms with Crippen LogP contribution in [0.3, 0.4) is 0 Å². The summed E-state index contributed by atoms with van der Waals surface area (Å²) in [5.74, 6) is 0.447. The van der Waals surface area contributed by atoms with Crippen molar-refractivity contribution >= 4 is 22.6 Å². The van der Waals surface area contributed by atoms with Gasteiger partial charge in [0, 0.05) is 5.02 Å². The van der Waals surface area contributed by atoms with Crippen LogP contribution in [-0.4, -0.2) is 11.8 Å². The van der Waals surface area contributed by atoms with Gasteiger partial charge in [-0.1, -0.05) is 24.3 Å². The summed E-state index contributed by atoms with van der Waals surface area (Å²) in [5, 5.41) is 5.18. The Bertz CT molecular complexity index is 464. The Balaban J connectivity index is 2.44. The van der Waals surface area contributed by atoms with Crippen LogP contribution >= 0.6 is 11.6 Å². The van der Waals surface area contributed by atoms with Crippen molar-refractivity contribution in [2.45, 2.75) is 0 Å². The molecule has 2 aromatic rings. The molecule has 0 aliphatic heterocycles. The molecule has 0 amide bonds. The molecule has 4 heteroatoms. The van der Waals surface area contributed by atoms with Crippen molar-refractivity contribution in [3.05, 3.63) is 35.9 Å². The number of fused-ring (bicyclic) bond motifs is 1. The summed E-state index contributed by atoms with van der Waals surface area (Å²) in [6, 6.07) is 5.25. The highest BCUT2D eigenvalue weighted by molar-refractivity contribution is 6.31. The van der Waals surface area contributed by atoms with E-state index in [1.165, 1.54) is 0 Å². The zero-order chi connectivity index (χ0) is 9.97. The molecular formula is C10H8ClNO2. The molecule has 14 heavy (non-hydrogen) atoms. The Hall–Kier alpha value is -1.48. The SMILES string of the molecule is C=CCOc1noc2ccc(Cl)cc12. The van der Waals surface area contributed by atoms with Gasteiger partial charge in [0.05, 0.1) is 5.39 Å². The molecule has 3 nitrogen and oxygen atoms in total. The van der Waals surface area contributed by atoms with E-state index in [9.17, 15) is 0 Å². The van der Waals surface area contributed by atoms with Crippen molar-refractivity contribution in [1.82, 2.24) is 5.16 Å². The monoisotopic (exact) mass is 209 g/mol. The van der Waals surface area contributed by atoms with Crippen molar-refractivity contribution in [2.24, 2.45) is 0 Å². The standard InChI is InChI=1S/C10H8ClNO2/c1-2-5-13-10-8-6-7(11)3-4-9(8)14-12-10/h2-4,6H,1,5H2. The largest absolute Gasteiger partial charge is 0.471 e. The number of benzene rings is 1. The first-order valence-electron chi connectivity index (χ1n) is 4.10. The second-order valence-corrected chi connectivity index (χ2v) is 3.16. The Morgan fingerprint density at radius 1 is 1.57 bits per heavy atom. The summed E-state index contributed by atoms with van der Waals surface area (Å²) in [6.07, 6.45) is 1.64. The van der Waals surface area contributed by atoms with Gasteiger partial charge >= 0.3 is 0 Å². The van der Waals surface area contributed by atoms with Crippen molar-refractivity contribution in [3.63, 3.8) is 0 Å². The molecule has 0 radical (unpaired) electrons. The minimum atomic E-state index is 0.397. The van der Waals surface area contributed by atoms with E-state index in [4.69, 9.17) is 20.9 Å². The van der Waals surface area contributed by atoms with Crippen molar-refractivity contribution in [1.29, 1.82) is 0 Å². The lowest BCUT2D eigenvalue weighted by atomic mass is 10.2. The molecule has 72 valence electrons. The Morgan fingerprint density at radius 3 is 3.21 bits per heavy atom. The summed E-state index contributed by atoms with van der Waals surface area (Å²) in [6.45, 7) is 3.95. The highest BCUT2D eigenvalue weighted by atomic mass is 35.5. The van der Waals surface area contributed by atoms with Crippen molar-refractivity contribution in [3.8, 4) is 5.88 Å². The van der Waals surface area contributed by atoms with Gasteiger partial charge in [0.2, 0.25) is 0 Å². The van der Waals surface area contributed by atoms with E-state index in [2.05, 4.69) is 11.7 Å². The van der Waals surface area contributed by atoms with Crippen LogP contribution in [0.1, 0.15) is 0 Å². The van der Waals surface area contributed by atoms with E-state index >= 15 is 0 Å². The Kier molecular flexibility index (Phi) is 2.41. The molecule has 0 N–H and O–H groups in total. The number of halogens is 1. The first kappa shape index (κ1) is 9.09. The summed E-state index contributed by atoms with van der Waals surface area (Å²) in [5.41, 5.74) is 0.661. The van der Waals surface area contributed by atoms with Crippen LogP contribution in [0.5, 0.6) is 5.88 Å². The van der Waals surface area contributed by atoms with E-state index in [0.29, 0.717) is 23.1 Å². The third-order valence-electron chi connectivity index (χ3n) is 1.74. The number of hydrogen-bond acceptors (Lipinski definition) is 3. The molecule has 0 fully saturated rings. The predicted molar refractivity (Wildman–Crippen MR) is 54.7 cm³/mol. The number of nitrogens with zero attached hydrogens (tertiary/aromatic N) is 1. The van der Waals surface area contributed by atoms with Gasteiger partial charge < -0.3 is 9.26 Å². The topological polar surface area (TPSA) is 35.3 Å². The molecule has 1 heterocycles. The summed E-state index contributed by atoms with van der Waals surface area (Å²) >= 11 is 5.84. The number of aromatic nitrogens is 1. The minimum Gasteiger partial charge on any atom is -0.471 e. The molecular weight excluding hydrogens is 202 g/mol. The molecule has 0 aliphatic rings. The van der Waals surface area contributed by atoms with E-state index in [-0.39, 0.29) is 0 Å². The van der Waals surface area contributed by atoms with Crippen molar-refractivity contribution in [2.75, 3.05) is 6.61 Å². The Morgan fingerprint density at radius 2 is 2.43 bits per heavy atom. The van der Waals surface area contributed by atoms with Crippen LogP contribution in [0.15, 0.2) is 35.4 Å². The Labute approximate surface area is 85.9 Å². The maximum atomic E-state index is 5.84. The van der Waals surface area contributed by atoms with Crippen LogP contribution in [0, 0.1) is 0 Å². The summed E-state index contributed by atoms with van der Waals surface area (Å²) < 4.78 is 10.3. The first-order chi connectivity index (χ1) is 6.81. The fraction of sp³-hybridized carbons (Fsp3) is 0.100. The third-order valence-corrected chi connectivity index (χ3v) is 1.97. The van der Waals surface area contributed by atoms with E-state index in [1.54, 1.807) is 24.3 Å². The third kappa shape index (κ3) is 1.59. The maximum absolute atomic E-state index is 5.84. The summed E-state index contributed by atoms with van der Waals surface area (Å²) in [7, 11) is 0. The van der Waals surface area contributed by atoms with Gasteiger partial charge in [0.15, 0.2) is 5.58 Å². The van der Waals surface area contributed by atoms with Gasteiger partial charge in [-0.3, -0.25) is 0 Å². The lowest BCUT2D eigenvalue weighted by Gasteiger charge is -1.96. The molecule has 0 spiro atoms. The van der Waals surface area contributed by atoms with Gasteiger partial charge in [-0.05, 0) is 23.4 Å². The molecule has 1 aromatic carbocycles. The van der Waals surface area contributed by atoms with Gasteiger partial charge in [0.25, 0.3) is 5.88 Å². The lowest BCUT2D eigenvalue weighted by Crippen LogP contribution is -1.92. The van der Waals surface area contributed by atoms with Crippen LogP contribution in [0.25, 0.3) is 11.0 Å². The van der Waals surface area contributed by atoms with Crippen LogP contribution in [-0.2, 0) is 0 Å². The highest BCUT2D eigenvalue weighted by Crippen LogP contribution is 2.27. The maximum Gasteiger partial charge on any atom is 0.262 e. The van der Waals surface area contributed by atoms with E-state index < -0.39 is 0 Å². The molecule has 0 aliphatic carbocycles. The molecule has 2 rings (SSSR count). The van der Waals surface area contributed by atoms with Crippen molar-refractivity contribution < 1.29 is 9.26 Å². The van der Waals surface area contributed by atoms with Crippen LogP contribution < -0.4 is 4.74 Å². The molecule has 0 bridgehead atoms. The predicted octanol–water partition coefficient (Wildman–Crippen LogP) is 3.05. The van der Waals surface area contributed by atoms with Gasteiger partial charge in [-0.15, -0.1) is 0 Å².